The minimum Gasteiger partial charge on any atom is -0.504 e. The fraction of sp³-hybridized carbons (Fsp3) is 0.421. The third-order valence-corrected chi connectivity index (χ3v) is 4.85. The molecule has 136 valence electrons. The average Bonchev–Trinajstić information content (AvgIpc) is 3.14. The third kappa shape index (κ3) is 5.67. The summed E-state index contributed by atoms with van der Waals surface area (Å²) in [5, 5.41) is 15.6. The molecular weight excluding hydrogens is 334 g/mol. The van der Waals surface area contributed by atoms with Crippen molar-refractivity contribution >= 4 is 17.3 Å². The molecule has 1 aromatic heterocycles. The summed E-state index contributed by atoms with van der Waals surface area (Å²) in [5.74, 6) is 1.60. The Hall–Kier alpha value is -2.21. The van der Waals surface area contributed by atoms with Crippen molar-refractivity contribution in [2.24, 2.45) is 4.99 Å². The molecule has 2 rings (SSSR count). The number of para-hydroxylation sites is 1. The van der Waals surface area contributed by atoms with Crippen molar-refractivity contribution in [1.29, 1.82) is 0 Å². The summed E-state index contributed by atoms with van der Waals surface area (Å²) < 4.78 is 5.15. The van der Waals surface area contributed by atoms with Crippen LogP contribution >= 0.6 is 11.3 Å². The highest BCUT2D eigenvalue weighted by atomic mass is 32.1. The zero-order valence-corrected chi connectivity index (χ0v) is 16.0. The summed E-state index contributed by atoms with van der Waals surface area (Å²) in [7, 11) is 3.61. The Labute approximate surface area is 154 Å². The van der Waals surface area contributed by atoms with Crippen molar-refractivity contribution in [2.75, 3.05) is 33.8 Å². The van der Waals surface area contributed by atoms with Gasteiger partial charge in [-0.2, -0.15) is 0 Å². The zero-order chi connectivity index (χ0) is 18.1. The number of methoxy groups -OCH3 is 1. The summed E-state index contributed by atoms with van der Waals surface area (Å²) in [6.07, 6.45) is 1.67. The van der Waals surface area contributed by atoms with Crippen LogP contribution in [0.15, 0.2) is 40.7 Å². The molecule has 6 heteroatoms. The Balaban J connectivity index is 1.94. The van der Waals surface area contributed by atoms with E-state index in [1.165, 1.54) is 4.88 Å². The lowest BCUT2D eigenvalue weighted by molar-refractivity contribution is 0.370. The molecule has 0 atom stereocenters. The summed E-state index contributed by atoms with van der Waals surface area (Å²) in [4.78, 5) is 8.21. The van der Waals surface area contributed by atoms with E-state index >= 15 is 0 Å². The van der Waals surface area contributed by atoms with Crippen molar-refractivity contribution < 1.29 is 9.84 Å². The normalized spacial score (nSPS) is 11.4. The summed E-state index contributed by atoms with van der Waals surface area (Å²) in [6, 6.07) is 9.79. The standard InChI is InChI=1S/C19H27N3O2S/c1-4-20-19(22(2)13-11-16-8-6-14-25-16)21-12-10-15-7-5-9-17(24-3)18(15)23/h5-9,14,23H,4,10-13H2,1-3H3,(H,20,21). The number of phenols is 1. The lowest BCUT2D eigenvalue weighted by Crippen LogP contribution is -2.40. The molecule has 0 fully saturated rings. The van der Waals surface area contributed by atoms with Gasteiger partial charge in [-0.1, -0.05) is 18.2 Å². The minimum absolute atomic E-state index is 0.205. The van der Waals surface area contributed by atoms with E-state index in [1.807, 2.05) is 12.1 Å². The number of hydrogen-bond acceptors (Lipinski definition) is 4. The Kier molecular flexibility index (Phi) is 7.60. The van der Waals surface area contributed by atoms with Crippen LogP contribution in [0.4, 0.5) is 0 Å². The van der Waals surface area contributed by atoms with E-state index in [9.17, 15) is 5.11 Å². The molecule has 0 aliphatic heterocycles. The van der Waals surface area contributed by atoms with Crippen LogP contribution in [0.25, 0.3) is 0 Å². The van der Waals surface area contributed by atoms with Crippen LogP contribution in [0.5, 0.6) is 11.5 Å². The molecule has 2 N–H and O–H groups in total. The number of hydrogen-bond donors (Lipinski definition) is 2. The van der Waals surface area contributed by atoms with Gasteiger partial charge in [-0.25, -0.2) is 0 Å². The van der Waals surface area contributed by atoms with Crippen molar-refractivity contribution in [3.63, 3.8) is 0 Å². The van der Waals surface area contributed by atoms with E-state index < -0.39 is 0 Å². The van der Waals surface area contributed by atoms with E-state index in [2.05, 4.69) is 46.7 Å². The number of nitrogens with zero attached hydrogens (tertiary/aromatic N) is 2. The first-order valence-electron chi connectivity index (χ1n) is 8.52. The average molecular weight is 362 g/mol. The van der Waals surface area contributed by atoms with Crippen molar-refractivity contribution in [1.82, 2.24) is 10.2 Å². The van der Waals surface area contributed by atoms with E-state index in [1.54, 1.807) is 24.5 Å². The highest BCUT2D eigenvalue weighted by molar-refractivity contribution is 7.09. The molecule has 0 spiro atoms. The molecule has 0 saturated heterocycles. The number of benzene rings is 1. The maximum atomic E-state index is 10.2. The molecular formula is C19H27N3O2S. The number of aliphatic imine (C=N–C) groups is 1. The maximum Gasteiger partial charge on any atom is 0.193 e. The van der Waals surface area contributed by atoms with E-state index in [0.717, 1.165) is 31.0 Å². The van der Waals surface area contributed by atoms with Gasteiger partial charge in [-0.15, -0.1) is 11.3 Å². The van der Waals surface area contributed by atoms with Gasteiger partial charge in [-0.3, -0.25) is 4.99 Å². The highest BCUT2D eigenvalue weighted by Gasteiger charge is 2.09. The molecule has 5 nitrogen and oxygen atoms in total. The van der Waals surface area contributed by atoms with Crippen LogP contribution in [-0.2, 0) is 12.8 Å². The van der Waals surface area contributed by atoms with Crippen LogP contribution in [0.3, 0.4) is 0 Å². The van der Waals surface area contributed by atoms with Gasteiger partial charge in [0.15, 0.2) is 17.5 Å². The van der Waals surface area contributed by atoms with Crippen molar-refractivity contribution in [3.05, 3.63) is 46.2 Å². The van der Waals surface area contributed by atoms with E-state index in [0.29, 0.717) is 18.7 Å². The Morgan fingerprint density at radius 3 is 2.80 bits per heavy atom. The predicted octanol–water partition coefficient (Wildman–Crippen LogP) is 3.14. The second-order valence-electron chi connectivity index (χ2n) is 5.70. The Morgan fingerprint density at radius 2 is 2.12 bits per heavy atom. The van der Waals surface area contributed by atoms with Gasteiger partial charge < -0.3 is 20.1 Å². The fourth-order valence-corrected chi connectivity index (χ4v) is 3.22. The zero-order valence-electron chi connectivity index (χ0n) is 15.2. The number of phenolic OH excluding ortho intramolecular Hbond substituents is 1. The van der Waals surface area contributed by atoms with Gasteiger partial charge >= 0.3 is 0 Å². The quantitative estimate of drug-likeness (QED) is 0.560. The summed E-state index contributed by atoms with van der Waals surface area (Å²) >= 11 is 1.78. The minimum atomic E-state index is 0.205. The first kappa shape index (κ1) is 19.1. The van der Waals surface area contributed by atoms with E-state index in [-0.39, 0.29) is 5.75 Å². The molecule has 1 aromatic carbocycles. The van der Waals surface area contributed by atoms with Crippen LogP contribution < -0.4 is 10.1 Å². The Morgan fingerprint density at radius 1 is 1.28 bits per heavy atom. The Bertz CT molecular complexity index is 671. The fourth-order valence-electron chi connectivity index (χ4n) is 2.52. The largest absolute Gasteiger partial charge is 0.504 e. The number of thiophene rings is 1. The molecule has 0 saturated carbocycles. The lowest BCUT2D eigenvalue weighted by Gasteiger charge is -2.21. The van der Waals surface area contributed by atoms with Gasteiger partial charge in [-0.05, 0) is 42.8 Å². The summed E-state index contributed by atoms with van der Waals surface area (Å²) in [6.45, 7) is 4.41. The first-order valence-corrected chi connectivity index (χ1v) is 9.40. The van der Waals surface area contributed by atoms with Gasteiger partial charge in [0.25, 0.3) is 0 Å². The van der Waals surface area contributed by atoms with Gasteiger partial charge in [0.05, 0.1) is 7.11 Å². The van der Waals surface area contributed by atoms with E-state index in [4.69, 9.17) is 4.74 Å². The molecule has 0 unspecified atom stereocenters. The number of rotatable bonds is 8. The first-order chi connectivity index (χ1) is 12.2. The number of ether oxygens (including phenoxy) is 1. The SMILES string of the molecule is CCNC(=NCCc1cccc(OC)c1O)N(C)CCc1cccs1. The van der Waals surface area contributed by atoms with Gasteiger partial charge in [0.2, 0.25) is 0 Å². The summed E-state index contributed by atoms with van der Waals surface area (Å²) in [5.41, 5.74) is 0.847. The maximum absolute atomic E-state index is 10.2. The number of likely N-dealkylation sites (N-methyl/N-ethyl adjacent to an activating group) is 1. The number of aromatic hydroxyl groups is 1. The molecule has 0 bridgehead atoms. The van der Waals surface area contributed by atoms with Crippen molar-refractivity contribution in [3.8, 4) is 11.5 Å². The third-order valence-electron chi connectivity index (χ3n) is 3.92. The molecule has 1 heterocycles. The smallest absolute Gasteiger partial charge is 0.193 e. The molecule has 0 aliphatic rings. The molecule has 0 aliphatic carbocycles. The molecule has 2 aromatic rings. The van der Waals surface area contributed by atoms with Crippen molar-refractivity contribution in [2.45, 2.75) is 19.8 Å². The number of nitrogens with one attached hydrogen (secondary N) is 1. The highest BCUT2D eigenvalue weighted by Crippen LogP contribution is 2.29. The molecule has 25 heavy (non-hydrogen) atoms. The number of guanidine groups is 1. The lowest BCUT2D eigenvalue weighted by atomic mass is 10.1. The van der Waals surface area contributed by atoms with Crippen LogP contribution in [0.1, 0.15) is 17.4 Å². The van der Waals surface area contributed by atoms with Crippen LogP contribution in [0.2, 0.25) is 0 Å². The monoisotopic (exact) mass is 361 g/mol. The van der Waals surface area contributed by atoms with Gasteiger partial charge in [0, 0.05) is 31.6 Å². The second-order valence-corrected chi connectivity index (χ2v) is 6.74. The molecule has 0 amide bonds. The second kappa shape index (κ2) is 9.93. The van der Waals surface area contributed by atoms with Crippen LogP contribution in [-0.4, -0.2) is 49.8 Å². The predicted molar refractivity (Wildman–Crippen MR) is 105 cm³/mol. The topological polar surface area (TPSA) is 57.1 Å². The van der Waals surface area contributed by atoms with Crippen LogP contribution in [0, 0.1) is 0 Å². The molecule has 0 radical (unpaired) electrons. The van der Waals surface area contributed by atoms with Gasteiger partial charge in [0.1, 0.15) is 0 Å².